The first-order valence-corrected chi connectivity index (χ1v) is 7.19. The quantitative estimate of drug-likeness (QED) is 0.885. The van der Waals surface area contributed by atoms with E-state index in [2.05, 4.69) is 43.0 Å². The van der Waals surface area contributed by atoms with Crippen molar-refractivity contribution >= 4 is 0 Å². The van der Waals surface area contributed by atoms with Crippen molar-refractivity contribution in [3.8, 4) is 0 Å². The topological polar surface area (TPSA) is 29.3 Å². The highest BCUT2D eigenvalue weighted by atomic mass is 15.1. The van der Waals surface area contributed by atoms with Crippen molar-refractivity contribution in [3.05, 3.63) is 35.4 Å². The predicted octanol–water partition coefficient (Wildman–Crippen LogP) is 3.01. The molecule has 0 aromatic heterocycles. The Balaban J connectivity index is 1.83. The number of hydrogen-bond donors (Lipinski definition) is 1. The minimum Gasteiger partial charge on any atom is -0.326 e. The Labute approximate surface area is 111 Å². The van der Waals surface area contributed by atoms with Gasteiger partial charge < -0.3 is 5.73 Å². The van der Waals surface area contributed by atoms with Crippen molar-refractivity contribution in [3.63, 3.8) is 0 Å². The van der Waals surface area contributed by atoms with Crippen LogP contribution in [0.5, 0.6) is 0 Å². The minimum absolute atomic E-state index is 0.639. The molecule has 1 aromatic rings. The fourth-order valence-corrected chi connectivity index (χ4v) is 2.82. The third kappa shape index (κ3) is 3.56. The Kier molecular flexibility index (Phi) is 4.79. The summed E-state index contributed by atoms with van der Waals surface area (Å²) in [6.07, 6.45) is 2.72. The van der Waals surface area contributed by atoms with Crippen LogP contribution in [-0.4, -0.2) is 18.0 Å². The van der Waals surface area contributed by atoms with Gasteiger partial charge in [0.25, 0.3) is 0 Å². The van der Waals surface area contributed by atoms with Crippen molar-refractivity contribution < 1.29 is 0 Å². The summed E-state index contributed by atoms with van der Waals surface area (Å²) in [6, 6.07) is 8.74. The van der Waals surface area contributed by atoms with Crippen LogP contribution in [0.25, 0.3) is 0 Å². The molecule has 0 amide bonds. The van der Waals surface area contributed by atoms with Gasteiger partial charge in [0.05, 0.1) is 0 Å². The lowest BCUT2D eigenvalue weighted by Gasteiger charge is -2.33. The lowest BCUT2D eigenvalue weighted by atomic mass is 9.86. The summed E-state index contributed by atoms with van der Waals surface area (Å²) >= 11 is 0. The number of likely N-dealkylation sites (tertiary alicyclic amines) is 1. The monoisotopic (exact) mass is 246 g/mol. The molecule has 0 bridgehead atoms. The van der Waals surface area contributed by atoms with Crippen LogP contribution < -0.4 is 5.73 Å². The Morgan fingerprint density at radius 2 is 1.67 bits per heavy atom. The highest BCUT2D eigenvalue weighted by Crippen LogP contribution is 2.25. The van der Waals surface area contributed by atoms with Crippen LogP contribution in [-0.2, 0) is 13.1 Å². The van der Waals surface area contributed by atoms with Crippen molar-refractivity contribution in [2.75, 3.05) is 13.1 Å². The molecule has 1 aliphatic heterocycles. The van der Waals surface area contributed by atoms with Gasteiger partial charge in [-0.25, -0.2) is 0 Å². The van der Waals surface area contributed by atoms with Gasteiger partial charge in [-0.1, -0.05) is 38.1 Å². The van der Waals surface area contributed by atoms with Gasteiger partial charge >= 0.3 is 0 Å². The second-order valence-electron chi connectivity index (χ2n) is 5.88. The van der Waals surface area contributed by atoms with Gasteiger partial charge in [-0.2, -0.15) is 0 Å². The maximum Gasteiger partial charge on any atom is 0.0233 e. The molecule has 0 aliphatic carbocycles. The zero-order chi connectivity index (χ0) is 13.0. The standard InChI is InChI=1S/C16H26N2/c1-13(2)16-7-9-18(10-8-16)12-15-5-3-14(11-17)4-6-15/h3-6,13,16H,7-12,17H2,1-2H3. The summed E-state index contributed by atoms with van der Waals surface area (Å²) in [5.74, 6) is 1.77. The maximum absolute atomic E-state index is 5.62. The molecule has 0 saturated carbocycles. The molecule has 0 unspecified atom stereocenters. The first-order valence-electron chi connectivity index (χ1n) is 7.19. The van der Waals surface area contributed by atoms with Gasteiger partial charge in [-0.05, 0) is 48.9 Å². The third-order valence-electron chi connectivity index (χ3n) is 4.24. The molecule has 1 fully saturated rings. The van der Waals surface area contributed by atoms with E-state index in [9.17, 15) is 0 Å². The summed E-state index contributed by atoms with van der Waals surface area (Å²) in [5.41, 5.74) is 8.25. The molecule has 2 heteroatoms. The minimum atomic E-state index is 0.639. The first kappa shape index (κ1) is 13.6. The van der Waals surface area contributed by atoms with Crippen molar-refractivity contribution in [1.29, 1.82) is 0 Å². The van der Waals surface area contributed by atoms with E-state index < -0.39 is 0 Å². The third-order valence-corrected chi connectivity index (χ3v) is 4.24. The van der Waals surface area contributed by atoms with Crippen LogP contribution in [0.4, 0.5) is 0 Å². The molecule has 1 saturated heterocycles. The molecule has 1 aromatic carbocycles. The average Bonchev–Trinajstić information content (AvgIpc) is 2.40. The normalized spacial score (nSPS) is 18.4. The van der Waals surface area contributed by atoms with Crippen LogP contribution in [0.1, 0.15) is 37.8 Å². The zero-order valence-corrected chi connectivity index (χ0v) is 11.7. The fraction of sp³-hybridized carbons (Fsp3) is 0.625. The Morgan fingerprint density at radius 3 is 2.17 bits per heavy atom. The number of nitrogens with two attached hydrogens (primary N) is 1. The van der Waals surface area contributed by atoms with E-state index in [4.69, 9.17) is 5.73 Å². The average molecular weight is 246 g/mol. The molecule has 2 N–H and O–H groups in total. The first-order chi connectivity index (χ1) is 8.69. The van der Waals surface area contributed by atoms with Gasteiger partial charge in [-0.3, -0.25) is 4.90 Å². The maximum atomic E-state index is 5.62. The molecule has 2 rings (SSSR count). The molecular weight excluding hydrogens is 220 g/mol. The molecule has 0 spiro atoms. The summed E-state index contributed by atoms with van der Waals surface area (Å²) in [7, 11) is 0. The van der Waals surface area contributed by atoms with Crippen LogP contribution >= 0.6 is 0 Å². The summed E-state index contributed by atoms with van der Waals surface area (Å²) in [5, 5.41) is 0. The lowest BCUT2D eigenvalue weighted by Crippen LogP contribution is -2.34. The molecule has 0 radical (unpaired) electrons. The number of benzene rings is 1. The van der Waals surface area contributed by atoms with E-state index in [1.54, 1.807) is 0 Å². The SMILES string of the molecule is CC(C)C1CCN(Cc2ccc(CN)cc2)CC1. The molecular formula is C16H26N2. The Morgan fingerprint density at radius 1 is 1.11 bits per heavy atom. The van der Waals surface area contributed by atoms with Crippen LogP contribution in [0, 0.1) is 11.8 Å². The van der Waals surface area contributed by atoms with Gasteiger partial charge in [0.15, 0.2) is 0 Å². The largest absolute Gasteiger partial charge is 0.326 e. The van der Waals surface area contributed by atoms with Gasteiger partial charge in [0.1, 0.15) is 0 Å². The van der Waals surface area contributed by atoms with E-state index >= 15 is 0 Å². The van der Waals surface area contributed by atoms with Crippen LogP contribution in [0.3, 0.4) is 0 Å². The highest BCUT2D eigenvalue weighted by Gasteiger charge is 2.21. The number of hydrogen-bond acceptors (Lipinski definition) is 2. The number of rotatable bonds is 4. The van der Waals surface area contributed by atoms with E-state index in [1.165, 1.54) is 37.1 Å². The van der Waals surface area contributed by atoms with E-state index in [1.807, 2.05) is 0 Å². The smallest absolute Gasteiger partial charge is 0.0233 e. The fourth-order valence-electron chi connectivity index (χ4n) is 2.82. The molecule has 1 aliphatic rings. The Bertz CT molecular complexity index is 348. The zero-order valence-electron chi connectivity index (χ0n) is 11.7. The summed E-state index contributed by atoms with van der Waals surface area (Å²) in [6.45, 7) is 8.94. The lowest BCUT2D eigenvalue weighted by molar-refractivity contribution is 0.152. The second-order valence-corrected chi connectivity index (χ2v) is 5.88. The van der Waals surface area contributed by atoms with E-state index in [0.29, 0.717) is 6.54 Å². The van der Waals surface area contributed by atoms with Gasteiger partial charge in [0, 0.05) is 13.1 Å². The van der Waals surface area contributed by atoms with Gasteiger partial charge in [-0.15, -0.1) is 0 Å². The molecule has 100 valence electrons. The summed E-state index contributed by atoms with van der Waals surface area (Å²) in [4.78, 5) is 2.58. The highest BCUT2D eigenvalue weighted by molar-refractivity contribution is 5.22. The molecule has 1 heterocycles. The summed E-state index contributed by atoms with van der Waals surface area (Å²) < 4.78 is 0. The van der Waals surface area contributed by atoms with Crippen molar-refractivity contribution in [2.45, 2.75) is 39.8 Å². The molecule has 18 heavy (non-hydrogen) atoms. The van der Waals surface area contributed by atoms with E-state index in [0.717, 1.165) is 18.4 Å². The van der Waals surface area contributed by atoms with Gasteiger partial charge in [0.2, 0.25) is 0 Å². The van der Waals surface area contributed by atoms with Crippen LogP contribution in [0.15, 0.2) is 24.3 Å². The van der Waals surface area contributed by atoms with E-state index in [-0.39, 0.29) is 0 Å². The Hall–Kier alpha value is -0.860. The second kappa shape index (κ2) is 6.35. The predicted molar refractivity (Wildman–Crippen MR) is 77.2 cm³/mol. The van der Waals surface area contributed by atoms with Crippen molar-refractivity contribution in [2.24, 2.45) is 17.6 Å². The van der Waals surface area contributed by atoms with Crippen molar-refractivity contribution in [1.82, 2.24) is 4.90 Å². The van der Waals surface area contributed by atoms with Crippen LogP contribution in [0.2, 0.25) is 0 Å². The number of piperidine rings is 1. The number of nitrogens with zero attached hydrogens (tertiary/aromatic N) is 1. The molecule has 0 atom stereocenters. The molecule has 2 nitrogen and oxygen atoms in total.